The fraction of sp³-hybridized carbons (Fsp3) is 0.571. The summed E-state index contributed by atoms with van der Waals surface area (Å²) in [5.41, 5.74) is 2.19. The van der Waals surface area contributed by atoms with Crippen LogP contribution >= 0.6 is 0 Å². The van der Waals surface area contributed by atoms with Crippen molar-refractivity contribution >= 4 is 29.6 Å². The van der Waals surface area contributed by atoms with Gasteiger partial charge < -0.3 is 0 Å². The molecule has 27 heavy (non-hydrogen) atoms. The number of benzene rings is 1. The van der Waals surface area contributed by atoms with Gasteiger partial charge in [0.25, 0.3) is 0 Å². The van der Waals surface area contributed by atoms with E-state index in [4.69, 9.17) is 5.10 Å². The van der Waals surface area contributed by atoms with E-state index in [0.29, 0.717) is 0 Å². The maximum atomic E-state index is 5.00. The molecule has 146 valence electrons. The fourth-order valence-corrected chi connectivity index (χ4v) is 18.0. The van der Waals surface area contributed by atoms with Gasteiger partial charge in [0.15, 0.2) is 0 Å². The first kappa shape index (κ1) is 20.4. The summed E-state index contributed by atoms with van der Waals surface area (Å²) in [6.45, 7) is 6.88. The average molecular weight is 474 g/mol. The summed E-state index contributed by atoms with van der Waals surface area (Å²) in [4.78, 5) is 3.34. The minimum atomic E-state index is -2.68. The molecular formula is C21H33N5Sn. The Morgan fingerprint density at radius 1 is 0.926 bits per heavy atom. The Labute approximate surface area is 167 Å². The topological polar surface area (TPSA) is 59.4 Å². The van der Waals surface area contributed by atoms with Gasteiger partial charge in [0.2, 0.25) is 0 Å². The third kappa shape index (κ3) is 4.55. The number of nitrogens with one attached hydrogen (secondary N) is 1. The summed E-state index contributed by atoms with van der Waals surface area (Å²) >= 11 is -2.68. The molecule has 2 heterocycles. The van der Waals surface area contributed by atoms with Crippen LogP contribution in [0.3, 0.4) is 0 Å². The molecule has 0 atom stereocenters. The molecule has 0 saturated heterocycles. The zero-order valence-electron chi connectivity index (χ0n) is 17.0. The number of aromatic nitrogens is 5. The quantitative estimate of drug-likeness (QED) is 0.346. The Hall–Kier alpha value is -1.37. The van der Waals surface area contributed by atoms with Gasteiger partial charge in [-0.15, -0.1) is 0 Å². The van der Waals surface area contributed by atoms with E-state index in [-0.39, 0.29) is 0 Å². The van der Waals surface area contributed by atoms with E-state index in [2.05, 4.69) is 63.4 Å². The van der Waals surface area contributed by atoms with Crippen LogP contribution in [0, 0.1) is 0 Å². The van der Waals surface area contributed by atoms with Gasteiger partial charge in [0.05, 0.1) is 0 Å². The van der Waals surface area contributed by atoms with Crippen LogP contribution in [0.1, 0.15) is 59.3 Å². The summed E-state index contributed by atoms with van der Waals surface area (Å²) in [5, 5.41) is 15.4. The van der Waals surface area contributed by atoms with Gasteiger partial charge in [-0.05, 0) is 0 Å². The van der Waals surface area contributed by atoms with Crippen molar-refractivity contribution in [2.45, 2.75) is 72.6 Å². The zero-order chi connectivity index (χ0) is 19.1. The van der Waals surface area contributed by atoms with Crippen LogP contribution in [0.15, 0.2) is 30.5 Å². The number of H-pyrrole nitrogens is 1. The van der Waals surface area contributed by atoms with Gasteiger partial charge in [-0.2, -0.15) is 0 Å². The number of fused-ring (bicyclic) bond motifs is 1. The second-order valence-electron chi connectivity index (χ2n) is 7.69. The second-order valence-corrected chi connectivity index (χ2v) is 20.1. The minimum absolute atomic E-state index is 0.776. The molecular weight excluding hydrogens is 441 g/mol. The summed E-state index contributed by atoms with van der Waals surface area (Å²) in [6, 6.07) is 8.34. The molecule has 3 aromatic rings. The predicted octanol–water partition coefficient (Wildman–Crippen LogP) is 6.02. The van der Waals surface area contributed by atoms with Gasteiger partial charge in [-0.1, -0.05) is 0 Å². The number of rotatable bonds is 11. The van der Waals surface area contributed by atoms with E-state index in [9.17, 15) is 0 Å². The molecule has 6 heteroatoms. The Morgan fingerprint density at radius 3 is 2.19 bits per heavy atom. The fourth-order valence-electron chi connectivity index (χ4n) is 3.97. The number of para-hydroxylation sites is 1. The molecule has 0 aliphatic carbocycles. The van der Waals surface area contributed by atoms with Gasteiger partial charge >= 0.3 is 167 Å². The van der Waals surface area contributed by atoms with Crippen molar-refractivity contribution in [2.75, 3.05) is 0 Å². The Kier molecular flexibility index (Phi) is 7.33. The van der Waals surface area contributed by atoms with Crippen LogP contribution < -0.4 is 0 Å². The first-order chi connectivity index (χ1) is 13.2. The van der Waals surface area contributed by atoms with Crippen molar-refractivity contribution in [3.8, 4) is 11.4 Å². The molecule has 0 aliphatic heterocycles. The third-order valence-corrected chi connectivity index (χ3v) is 19.6. The van der Waals surface area contributed by atoms with E-state index < -0.39 is 18.7 Å². The number of unbranched alkanes of at least 4 members (excludes halogenated alkanes) is 3. The SMILES string of the molecule is CCC[CH2][Sn]([CH2]CCC)([CH2]CCC)[n]1nnc(-c2c[nH]c3ccccc23)n1. The zero-order valence-corrected chi connectivity index (χ0v) is 19.9. The van der Waals surface area contributed by atoms with Crippen molar-refractivity contribution in [1.29, 1.82) is 0 Å². The molecule has 0 amide bonds. The van der Waals surface area contributed by atoms with Crippen LogP contribution in [0.5, 0.6) is 0 Å². The molecule has 0 unspecified atom stereocenters. The first-order valence-electron chi connectivity index (χ1n) is 10.6. The molecule has 0 radical (unpaired) electrons. The average Bonchev–Trinajstić information content (AvgIpc) is 3.35. The molecule has 3 rings (SSSR count). The van der Waals surface area contributed by atoms with E-state index >= 15 is 0 Å². The van der Waals surface area contributed by atoms with Crippen LogP contribution in [-0.4, -0.2) is 42.1 Å². The maximum absolute atomic E-state index is 5.00. The predicted molar refractivity (Wildman–Crippen MR) is 115 cm³/mol. The summed E-state index contributed by atoms with van der Waals surface area (Å²) in [7, 11) is 0. The van der Waals surface area contributed by atoms with E-state index in [1.54, 1.807) is 0 Å². The van der Waals surface area contributed by atoms with Crippen LogP contribution in [0.25, 0.3) is 22.3 Å². The molecule has 0 bridgehead atoms. The Balaban J connectivity index is 1.97. The number of nitrogens with zero attached hydrogens (tertiary/aromatic N) is 4. The van der Waals surface area contributed by atoms with Crippen molar-refractivity contribution < 1.29 is 0 Å². The van der Waals surface area contributed by atoms with Crippen LogP contribution in [0.4, 0.5) is 0 Å². The normalized spacial score (nSPS) is 12.1. The summed E-state index contributed by atoms with van der Waals surface area (Å²) < 4.78 is 6.20. The number of hydrogen-bond donors (Lipinski definition) is 1. The van der Waals surface area contributed by atoms with E-state index in [0.717, 1.165) is 16.9 Å². The number of aromatic amines is 1. The number of hydrogen-bond acceptors (Lipinski definition) is 3. The Bertz CT molecular complexity index is 816. The van der Waals surface area contributed by atoms with Crippen molar-refractivity contribution in [3.63, 3.8) is 0 Å². The van der Waals surface area contributed by atoms with Crippen LogP contribution in [0.2, 0.25) is 13.3 Å². The van der Waals surface area contributed by atoms with E-state index in [1.807, 2.05) is 6.20 Å². The van der Waals surface area contributed by atoms with Gasteiger partial charge in [-0.25, -0.2) is 0 Å². The molecule has 1 N–H and O–H groups in total. The van der Waals surface area contributed by atoms with Gasteiger partial charge in [0.1, 0.15) is 0 Å². The van der Waals surface area contributed by atoms with E-state index in [1.165, 1.54) is 57.2 Å². The van der Waals surface area contributed by atoms with Crippen molar-refractivity contribution in [2.24, 2.45) is 0 Å². The third-order valence-electron chi connectivity index (χ3n) is 5.66. The molecule has 5 nitrogen and oxygen atoms in total. The van der Waals surface area contributed by atoms with Crippen molar-refractivity contribution in [1.82, 2.24) is 23.4 Å². The van der Waals surface area contributed by atoms with Gasteiger partial charge in [0, 0.05) is 0 Å². The van der Waals surface area contributed by atoms with Crippen LogP contribution in [-0.2, 0) is 0 Å². The Morgan fingerprint density at radius 2 is 1.56 bits per heavy atom. The summed E-state index contributed by atoms with van der Waals surface area (Å²) in [5.74, 6) is 0.776. The number of tetrazole rings is 1. The molecule has 2 aromatic heterocycles. The molecule has 0 fully saturated rings. The molecule has 0 aliphatic rings. The molecule has 0 spiro atoms. The van der Waals surface area contributed by atoms with Gasteiger partial charge in [-0.3, -0.25) is 0 Å². The first-order valence-corrected chi connectivity index (χ1v) is 17.9. The standard InChI is InChI=1S/C9H6N5.3C4H9.Sn/c1-2-4-8-6(3-1)7(5-10-8)9-11-13-14-12-9;3*1-3-4-2;/h1-5,10H;3*1,3-4H2,2H3;/q-1;;;;+1. The van der Waals surface area contributed by atoms with Crippen molar-refractivity contribution in [3.05, 3.63) is 30.5 Å². The summed E-state index contributed by atoms with van der Waals surface area (Å²) in [6.07, 6.45) is 9.67. The second kappa shape index (κ2) is 9.71. The molecule has 1 aromatic carbocycles. The molecule has 0 saturated carbocycles. The monoisotopic (exact) mass is 475 g/mol.